The zero-order valence-electron chi connectivity index (χ0n) is 12.4. The third kappa shape index (κ3) is 4.78. The predicted molar refractivity (Wildman–Crippen MR) is 81.3 cm³/mol. The largest absolute Gasteiger partial charge is 0.310 e. The van der Waals surface area contributed by atoms with Gasteiger partial charge in [-0.25, -0.2) is 9.67 Å². The van der Waals surface area contributed by atoms with Gasteiger partial charge in [-0.05, 0) is 30.9 Å². The molecule has 0 spiro atoms. The van der Waals surface area contributed by atoms with E-state index in [1.54, 1.807) is 6.33 Å². The van der Waals surface area contributed by atoms with Gasteiger partial charge in [0.15, 0.2) is 0 Å². The highest BCUT2D eigenvalue weighted by atomic mass is 15.3. The summed E-state index contributed by atoms with van der Waals surface area (Å²) in [6.07, 6.45) is 3.90. The summed E-state index contributed by atoms with van der Waals surface area (Å²) < 4.78 is 1.99. The summed E-state index contributed by atoms with van der Waals surface area (Å²) in [6.45, 7) is 7.11. The van der Waals surface area contributed by atoms with Gasteiger partial charge in [0.05, 0.1) is 6.54 Å². The van der Waals surface area contributed by atoms with Gasteiger partial charge in [-0.2, -0.15) is 5.10 Å². The minimum atomic E-state index is 0.591. The van der Waals surface area contributed by atoms with Gasteiger partial charge in [-0.15, -0.1) is 0 Å². The Bertz CT molecular complexity index is 490. The summed E-state index contributed by atoms with van der Waals surface area (Å²) in [5.74, 6) is 1.62. The smallest absolute Gasteiger partial charge is 0.140 e. The second-order valence-electron chi connectivity index (χ2n) is 5.52. The van der Waals surface area contributed by atoms with Crippen molar-refractivity contribution in [2.75, 3.05) is 6.54 Å². The van der Waals surface area contributed by atoms with Crippen LogP contribution in [-0.2, 0) is 19.5 Å². The molecule has 1 heterocycles. The molecule has 1 aromatic heterocycles. The van der Waals surface area contributed by atoms with Gasteiger partial charge in [0, 0.05) is 6.54 Å². The van der Waals surface area contributed by atoms with E-state index in [0.29, 0.717) is 5.92 Å². The van der Waals surface area contributed by atoms with Crippen molar-refractivity contribution in [3.05, 3.63) is 48.0 Å². The number of rotatable bonds is 8. The highest BCUT2D eigenvalue weighted by molar-refractivity contribution is 5.14. The predicted octanol–water partition coefficient (Wildman–Crippen LogP) is 2.66. The lowest BCUT2D eigenvalue weighted by molar-refractivity contribution is 0.457. The monoisotopic (exact) mass is 272 g/mol. The number of nitrogens with zero attached hydrogens (tertiary/aromatic N) is 3. The van der Waals surface area contributed by atoms with Crippen LogP contribution in [0.1, 0.15) is 31.7 Å². The third-order valence-electron chi connectivity index (χ3n) is 3.18. The molecule has 0 unspecified atom stereocenters. The Morgan fingerprint density at radius 3 is 2.75 bits per heavy atom. The van der Waals surface area contributed by atoms with Crippen LogP contribution in [0.4, 0.5) is 0 Å². The fourth-order valence-electron chi connectivity index (χ4n) is 2.19. The van der Waals surface area contributed by atoms with Crippen LogP contribution in [0, 0.1) is 5.92 Å². The van der Waals surface area contributed by atoms with Crippen LogP contribution in [0.3, 0.4) is 0 Å². The van der Waals surface area contributed by atoms with E-state index in [1.807, 2.05) is 4.68 Å². The zero-order chi connectivity index (χ0) is 14.2. The summed E-state index contributed by atoms with van der Waals surface area (Å²) in [4.78, 5) is 4.31. The molecule has 1 N–H and O–H groups in total. The molecule has 0 aliphatic rings. The van der Waals surface area contributed by atoms with E-state index >= 15 is 0 Å². The standard InChI is InChI=1S/C16H24N4/c1-14(2)12-20-16(18-13-19-20)11-17-10-6-9-15-7-4-3-5-8-15/h3-5,7-8,13-14,17H,6,9-12H2,1-2H3. The third-order valence-corrected chi connectivity index (χ3v) is 3.18. The molecule has 4 nitrogen and oxygen atoms in total. The Morgan fingerprint density at radius 2 is 2.00 bits per heavy atom. The van der Waals surface area contributed by atoms with Crippen molar-refractivity contribution in [3.8, 4) is 0 Å². The van der Waals surface area contributed by atoms with Gasteiger partial charge in [-0.3, -0.25) is 0 Å². The quantitative estimate of drug-likeness (QED) is 0.751. The minimum Gasteiger partial charge on any atom is -0.310 e. The van der Waals surface area contributed by atoms with Gasteiger partial charge in [0.2, 0.25) is 0 Å². The first-order valence-electron chi connectivity index (χ1n) is 7.37. The number of aryl methyl sites for hydroxylation is 1. The highest BCUT2D eigenvalue weighted by Crippen LogP contribution is 2.03. The lowest BCUT2D eigenvalue weighted by Crippen LogP contribution is -2.20. The van der Waals surface area contributed by atoms with Crippen molar-refractivity contribution >= 4 is 0 Å². The van der Waals surface area contributed by atoms with Crippen molar-refractivity contribution in [2.45, 2.75) is 39.8 Å². The molecule has 0 saturated heterocycles. The number of nitrogens with one attached hydrogen (secondary N) is 1. The van der Waals surface area contributed by atoms with Gasteiger partial charge in [0.25, 0.3) is 0 Å². The lowest BCUT2D eigenvalue weighted by atomic mass is 10.1. The molecule has 0 radical (unpaired) electrons. The minimum absolute atomic E-state index is 0.591. The summed E-state index contributed by atoms with van der Waals surface area (Å²) in [5.41, 5.74) is 1.40. The average Bonchev–Trinajstić information content (AvgIpc) is 2.86. The molecular formula is C16H24N4. The number of hydrogen-bond donors (Lipinski definition) is 1. The van der Waals surface area contributed by atoms with E-state index in [9.17, 15) is 0 Å². The second kappa shape index (κ2) is 7.80. The summed E-state index contributed by atoms with van der Waals surface area (Å²) in [7, 11) is 0. The van der Waals surface area contributed by atoms with E-state index in [1.165, 1.54) is 5.56 Å². The fourth-order valence-corrected chi connectivity index (χ4v) is 2.19. The number of aromatic nitrogens is 3. The Morgan fingerprint density at radius 1 is 1.20 bits per heavy atom. The van der Waals surface area contributed by atoms with E-state index in [2.05, 4.69) is 59.6 Å². The maximum Gasteiger partial charge on any atom is 0.140 e. The van der Waals surface area contributed by atoms with Crippen molar-refractivity contribution in [2.24, 2.45) is 5.92 Å². The van der Waals surface area contributed by atoms with Crippen LogP contribution in [0.25, 0.3) is 0 Å². The van der Waals surface area contributed by atoms with Crippen molar-refractivity contribution in [3.63, 3.8) is 0 Å². The Kier molecular flexibility index (Phi) is 5.74. The molecule has 0 amide bonds. The Balaban J connectivity index is 1.67. The van der Waals surface area contributed by atoms with Crippen molar-refractivity contribution in [1.29, 1.82) is 0 Å². The van der Waals surface area contributed by atoms with Gasteiger partial charge in [-0.1, -0.05) is 44.2 Å². The fraction of sp³-hybridized carbons (Fsp3) is 0.500. The molecule has 1 aromatic carbocycles. The van der Waals surface area contributed by atoms with Gasteiger partial charge < -0.3 is 5.32 Å². The van der Waals surface area contributed by atoms with Gasteiger partial charge >= 0.3 is 0 Å². The highest BCUT2D eigenvalue weighted by Gasteiger charge is 2.05. The molecule has 20 heavy (non-hydrogen) atoms. The molecule has 0 bridgehead atoms. The molecule has 4 heteroatoms. The molecular weight excluding hydrogens is 248 g/mol. The first-order chi connectivity index (χ1) is 9.75. The van der Waals surface area contributed by atoms with Crippen LogP contribution < -0.4 is 5.32 Å². The van der Waals surface area contributed by atoms with E-state index in [4.69, 9.17) is 0 Å². The molecule has 2 aromatic rings. The van der Waals surface area contributed by atoms with E-state index < -0.39 is 0 Å². The molecule has 0 atom stereocenters. The maximum absolute atomic E-state index is 4.31. The molecule has 0 saturated carbocycles. The van der Waals surface area contributed by atoms with Crippen LogP contribution in [0.5, 0.6) is 0 Å². The molecule has 108 valence electrons. The van der Waals surface area contributed by atoms with Crippen molar-refractivity contribution < 1.29 is 0 Å². The number of hydrogen-bond acceptors (Lipinski definition) is 3. The molecule has 0 aliphatic heterocycles. The first kappa shape index (κ1) is 14.7. The summed E-state index contributed by atoms with van der Waals surface area (Å²) in [6, 6.07) is 10.6. The summed E-state index contributed by atoms with van der Waals surface area (Å²) in [5, 5.41) is 7.72. The summed E-state index contributed by atoms with van der Waals surface area (Å²) >= 11 is 0. The lowest BCUT2D eigenvalue weighted by Gasteiger charge is -2.09. The zero-order valence-corrected chi connectivity index (χ0v) is 12.4. The Labute approximate surface area is 121 Å². The topological polar surface area (TPSA) is 42.7 Å². The van der Waals surface area contributed by atoms with E-state index in [-0.39, 0.29) is 0 Å². The van der Waals surface area contributed by atoms with Crippen LogP contribution >= 0.6 is 0 Å². The van der Waals surface area contributed by atoms with Gasteiger partial charge in [0.1, 0.15) is 12.2 Å². The molecule has 0 aliphatic carbocycles. The molecule has 0 fully saturated rings. The Hall–Kier alpha value is -1.68. The van der Waals surface area contributed by atoms with E-state index in [0.717, 1.165) is 38.3 Å². The second-order valence-corrected chi connectivity index (χ2v) is 5.52. The maximum atomic E-state index is 4.31. The van der Waals surface area contributed by atoms with Crippen molar-refractivity contribution in [1.82, 2.24) is 20.1 Å². The molecule has 2 rings (SSSR count). The van der Waals surface area contributed by atoms with Crippen LogP contribution in [-0.4, -0.2) is 21.3 Å². The normalized spacial score (nSPS) is 11.2. The van der Waals surface area contributed by atoms with Crippen LogP contribution in [0.2, 0.25) is 0 Å². The first-order valence-corrected chi connectivity index (χ1v) is 7.37. The number of benzene rings is 1. The average molecular weight is 272 g/mol. The van der Waals surface area contributed by atoms with Crippen LogP contribution in [0.15, 0.2) is 36.7 Å². The SMILES string of the molecule is CC(C)Cn1ncnc1CNCCCc1ccccc1.